The number of benzene rings is 1. The van der Waals surface area contributed by atoms with Gasteiger partial charge >= 0.3 is 0 Å². The Hall–Kier alpha value is -2.49. The van der Waals surface area contributed by atoms with Gasteiger partial charge < -0.3 is 15.0 Å². The van der Waals surface area contributed by atoms with Crippen molar-refractivity contribution < 1.29 is 13.5 Å². The van der Waals surface area contributed by atoms with Crippen LogP contribution in [0.3, 0.4) is 0 Å². The van der Waals surface area contributed by atoms with Crippen molar-refractivity contribution in [3.05, 3.63) is 48.4 Å². The second-order valence-electron chi connectivity index (χ2n) is 8.81. The van der Waals surface area contributed by atoms with Gasteiger partial charge in [0.15, 0.2) is 9.84 Å². The monoisotopic (exact) mass is 441 g/mol. The summed E-state index contributed by atoms with van der Waals surface area (Å²) in [5.41, 5.74) is 1.46. The molecule has 1 saturated carbocycles. The van der Waals surface area contributed by atoms with Gasteiger partial charge in [0.05, 0.1) is 15.5 Å². The zero-order valence-corrected chi connectivity index (χ0v) is 18.5. The van der Waals surface area contributed by atoms with Crippen LogP contribution in [0.1, 0.15) is 38.5 Å². The number of sulfone groups is 1. The molecule has 5 rings (SSSR count). The lowest BCUT2D eigenvalue weighted by Crippen LogP contribution is -2.56. The minimum Gasteiger partial charge on any atom is -0.374 e. The van der Waals surface area contributed by atoms with Crippen molar-refractivity contribution in [1.29, 1.82) is 0 Å². The first-order chi connectivity index (χ1) is 14.8. The van der Waals surface area contributed by atoms with Crippen molar-refractivity contribution in [1.82, 2.24) is 19.9 Å². The van der Waals surface area contributed by atoms with E-state index in [1.807, 2.05) is 12.3 Å². The summed E-state index contributed by atoms with van der Waals surface area (Å²) in [5.74, 6) is 0.926. The van der Waals surface area contributed by atoms with E-state index in [4.69, 9.17) is 0 Å². The van der Waals surface area contributed by atoms with E-state index in [1.54, 1.807) is 44.4 Å². The summed E-state index contributed by atoms with van der Waals surface area (Å²) in [7, 11) is -3.32. The molecule has 0 amide bonds. The Kier molecular flexibility index (Phi) is 4.80. The highest BCUT2D eigenvalue weighted by Crippen LogP contribution is 2.48. The van der Waals surface area contributed by atoms with Gasteiger partial charge in [0.25, 0.3) is 0 Å². The third-order valence-corrected chi connectivity index (χ3v) is 8.76. The fourth-order valence-electron chi connectivity index (χ4n) is 4.54. The predicted octanol–water partition coefficient (Wildman–Crippen LogP) is 2.49. The number of anilines is 1. The van der Waals surface area contributed by atoms with E-state index in [0.29, 0.717) is 11.4 Å². The lowest BCUT2D eigenvalue weighted by molar-refractivity contribution is -0.0424. The van der Waals surface area contributed by atoms with Gasteiger partial charge in [-0.1, -0.05) is 12.1 Å². The number of aromatic amines is 1. The first-order valence-electron chi connectivity index (χ1n) is 10.6. The predicted molar refractivity (Wildman–Crippen MR) is 118 cm³/mol. The minimum absolute atomic E-state index is 0.0894. The molecule has 2 N–H and O–H groups in total. The van der Waals surface area contributed by atoms with Gasteiger partial charge in [0, 0.05) is 31.4 Å². The van der Waals surface area contributed by atoms with E-state index < -0.39 is 21.3 Å². The average Bonchev–Trinajstić information content (AvgIpc) is 3.34. The van der Waals surface area contributed by atoms with E-state index in [2.05, 4.69) is 24.8 Å². The van der Waals surface area contributed by atoms with Crippen LogP contribution in [0, 0.1) is 0 Å². The third kappa shape index (κ3) is 3.40. The summed E-state index contributed by atoms with van der Waals surface area (Å²) in [4.78, 5) is 16.7. The summed E-state index contributed by atoms with van der Waals surface area (Å²) in [6.45, 7) is 5.58. The van der Waals surface area contributed by atoms with E-state index in [0.717, 1.165) is 48.3 Å². The van der Waals surface area contributed by atoms with Crippen molar-refractivity contribution in [3.63, 3.8) is 0 Å². The number of aliphatic hydroxyl groups excluding tert-OH is 1. The summed E-state index contributed by atoms with van der Waals surface area (Å²) >= 11 is 0. The van der Waals surface area contributed by atoms with Crippen LogP contribution in [-0.2, 0) is 9.84 Å². The van der Waals surface area contributed by atoms with Crippen LogP contribution in [0.25, 0.3) is 11.0 Å². The molecule has 1 aromatic carbocycles. The second-order valence-corrected chi connectivity index (χ2v) is 11.3. The zero-order valence-electron chi connectivity index (χ0n) is 17.7. The van der Waals surface area contributed by atoms with Crippen molar-refractivity contribution in [2.75, 3.05) is 24.5 Å². The number of hydrogen-bond acceptors (Lipinski definition) is 7. The first kappa shape index (κ1) is 20.4. The molecule has 9 heteroatoms. The highest BCUT2D eigenvalue weighted by atomic mass is 32.2. The number of H-pyrrole nitrogens is 1. The fourth-order valence-corrected chi connectivity index (χ4v) is 5.60. The molecule has 2 aromatic heterocycles. The summed E-state index contributed by atoms with van der Waals surface area (Å²) in [5, 5.41) is 11.7. The van der Waals surface area contributed by atoms with Crippen LogP contribution >= 0.6 is 0 Å². The number of nitrogens with zero attached hydrogens (tertiary/aromatic N) is 4. The minimum atomic E-state index is -3.32. The molecule has 2 aliphatic rings. The molecule has 1 atom stereocenters. The summed E-state index contributed by atoms with van der Waals surface area (Å²) in [6, 6.07) is 8.67. The van der Waals surface area contributed by atoms with Gasteiger partial charge in [-0.05, 0) is 50.5 Å². The molecular formula is C22H27N5O3S. The van der Waals surface area contributed by atoms with Gasteiger partial charge in [0.2, 0.25) is 0 Å². The van der Waals surface area contributed by atoms with Crippen LogP contribution in [0.5, 0.6) is 0 Å². The zero-order chi connectivity index (χ0) is 21.8. The molecule has 1 unspecified atom stereocenters. The van der Waals surface area contributed by atoms with Crippen molar-refractivity contribution in [2.45, 2.75) is 48.6 Å². The van der Waals surface area contributed by atoms with Crippen molar-refractivity contribution in [2.24, 2.45) is 0 Å². The topological polar surface area (TPSA) is 102 Å². The van der Waals surface area contributed by atoms with Crippen molar-refractivity contribution >= 4 is 26.7 Å². The molecule has 1 aliphatic heterocycles. The number of nitrogens with one attached hydrogen (secondary N) is 1. The van der Waals surface area contributed by atoms with E-state index in [-0.39, 0.29) is 5.54 Å². The molecular weight excluding hydrogens is 414 g/mol. The molecule has 0 bridgehead atoms. The lowest BCUT2D eigenvalue weighted by atomic mass is 10.1. The Bertz CT molecular complexity index is 1200. The van der Waals surface area contributed by atoms with Gasteiger partial charge in [-0.2, -0.15) is 0 Å². The molecule has 2 fully saturated rings. The number of piperazine rings is 1. The highest BCUT2D eigenvalue weighted by molar-refractivity contribution is 7.92. The number of aromatic nitrogens is 3. The highest BCUT2D eigenvalue weighted by Gasteiger charge is 2.53. The maximum Gasteiger partial charge on any atom is 0.180 e. The van der Waals surface area contributed by atoms with E-state index >= 15 is 0 Å². The second kappa shape index (κ2) is 7.29. The Morgan fingerprint density at radius 1 is 1.10 bits per heavy atom. The standard InChI is InChI=1S/C22H27N5O3S/c1-15(2)31(29,30)17-5-3-16(4-6-17)21(28)27-12-11-26(13-22(27)8-9-22)20-18-7-10-23-19(18)24-14-25-20/h3-7,10,14-15,21,28H,8-9,11-13H2,1-2H3,(H,23,24,25). The van der Waals surface area contributed by atoms with Gasteiger partial charge in [-0.25, -0.2) is 18.4 Å². The van der Waals surface area contributed by atoms with Gasteiger partial charge in [0.1, 0.15) is 24.0 Å². The quantitative estimate of drug-likeness (QED) is 0.627. The number of rotatable bonds is 5. The fraction of sp³-hybridized carbons (Fsp3) is 0.455. The molecule has 1 spiro atoms. The van der Waals surface area contributed by atoms with Crippen molar-refractivity contribution in [3.8, 4) is 0 Å². The molecule has 3 heterocycles. The summed E-state index contributed by atoms with van der Waals surface area (Å²) in [6.07, 6.45) is 4.72. The Morgan fingerprint density at radius 2 is 1.84 bits per heavy atom. The maximum absolute atomic E-state index is 12.4. The smallest absolute Gasteiger partial charge is 0.180 e. The largest absolute Gasteiger partial charge is 0.374 e. The molecule has 8 nitrogen and oxygen atoms in total. The Labute approximate surface area is 181 Å². The summed E-state index contributed by atoms with van der Waals surface area (Å²) < 4.78 is 24.8. The van der Waals surface area contributed by atoms with E-state index in [1.165, 1.54) is 0 Å². The normalized spacial score (nSPS) is 19.9. The Morgan fingerprint density at radius 3 is 2.52 bits per heavy atom. The first-order valence-corrected chi connectivity index (χ1v) is 12.2. The van der Waals surface area contributed by atoms with Crippen LogP contribution in [0.15, 0.2) is 47.8 Å². The number of hydrogen-bond donors (Lipinski definition) is 2. The van der Waals surface area contributed by atoms with Crippen LogP contribution in [0.2, 0.25) is 0 Å². The van der Waals surface area contributed by atoms with Gasteiger partial charge in [-0.15, -0.1) is 0 Å². The molecule has 31 heavy (non-hydrogen) atoms. The number of aliphatic hydroxyl groups is 1. The lowest BCUT2D eigenvalue weighted by Gasteiger charge is -2.45. The van der Waals surface area contributed by atoms with Gasteiger partial charge in [-0.3, -0.25) is 4.90 Å². The molecule has 164 valence electrons. The maximum atomic E-state index is 12.4. The molecule has 0 radical (unpaired) electrons. The van der Waals surface area contributed by atoms with Crippen LogP contribution < -0.4 is 4.90 Å². The Balaban J connectivity index is 1.36. The van der Waals surface area contributed by atoms with E-state index in [9.17, 15) is 13.5 Å². The third-order valence-electron chi connectivity index (χ3n) is 6.59. The van der Waals surface area contributed by atoms with Crippen LogP contribution in [0.4, 0.5) is 5.82 Å². The average molecular weight is 442 g/mol. The number of fused-ring (bicyclic) bond motifs is 1. The SMILES string of the molecule is CC(C)S(=O)(=O)c1ccc(C(O)N2CCN(c3ncnc4[nH]ccc34)CC23CC3)cc1. The molecule has 1 saturated heterocycles. The van der Waals surface area contributed by atoms with Crippen LogP contribution in [-0.4, -0.2) is 63.8 Å². The molecule has 3 aromatic rings. The molecule has 1 aliphatic carbocycles.